The van der Waals surface area contributed by atoms with Gasteiger partial charge in [0.15, 0.2) is 0 Å². The number of aryl methyl sites for hydroxylation is 1. The zero-order valence-electron chi connectivity index (χ0n) is 12.5. The molecule has 0 saturated carbocycles. The predicted molar refractivity (Wildman–Crippen MR) is 83.4 cm³/mol. The number of hydrogen-bond donors (Lipinski definition) is 1. The van der Waals surface area contributed by atoms with E-state index in [2.05, 4.69) is 40.7 Å². The van der Waals surface area contributed by atoms with Crippen molar-refractivity contribution < 1.29 is 0 Å². The van der Waals surface area contributed by atoms with Gasteiger partial charge in [-0.15, -0.1) is 0 Å². The van der Waals surface area contributed by atoms with Crippen molar-refractivity contribution in [2.24, 2.45) is 5.73 Å². The Labute approximate surface area is 125 Å². The van der Waals surface area contributed by atoms with Crippen LogP contribution in [0.1, 0.15) is 26.6 Å². The van der Waals surface area contributed by atoms with Gasteiger partial charge in [-0.2, -0.15) is 5.10 Å². The lowest BCUT2D eigenvalue weighted by atomic mass is 10.0. The molecule has 0 unspecified atom stereocenters. The smallest absolute Gasteiger partial charge is 0.140 e. The number of piperazine rings is 1. The lowest BCUT2D eigenvalue weighted by Crippen LogP contribution is -2.59. The van der Waals surface area contributed by atoms with Crippen LogP contribution in [0.3, 0.4) is 0 Å². The van der Waals surface area contributed by atoms with Crippen LogP contribution in [0.2, 0.25) is 0 Å². The van der Waals surface area contributed by atoms with Gasteiger partial charge in [0.25, 0.3) is 0 Å². The molecule has 0 aromatic carbocycles. The van der Waals surface area contributed by atoms with Gasteiger partial charge in [0.05, 0.1) is 17.1 Å². The molecule has 0 amide bonds. The Hall–Kier alpha value is -1.05. The van der Waals surface area contributed by atoms with E-state index in [4.69, 9.17) is 18.0 Å². The molecule has 1 aromatic heterocycles. The summed E-state index contributed by atoms with van der Waals surface area (Å²) in [6, 6.07) is 0. The maximum atomic E-state index is 5.84. The Morgan fingerprint density at radius 1 is 1.35 bits per heavy atom. The van der Waals surface area contributed by atoms with Crippen LogP contribution in [0.15, 0.2) is 6.33 Å². The normalized spacial score (nSPS) is 18.4. The second kappa shape index (κ2) is 6.15. The minimum atomic E-state index is -0.204. The number of rotatable bonds is 5. The minimum absolute atomic E-state index is 0.204. The van der Waals surface area contributed by atoms with Crippen LogP contribution in [0.25, 0.3) is 0 Å². The molecule has 2 rings (SSSR count). The summed E-state index contributed by atoms with van der Waals surface area (Å²) in [7, 11) is 0. The van der Waals surface area contributed by atoms with Crippen molar-refractivity contribution in [2.75, 3.05) is 26.2 Å². The molecule has 2 N–H and O–H groups in total. The summed E-state index contributed by atoms with van der Waals surface area (Å²) in [6.07, 6.45) is 1.63. The lowest BCUT2D eigenvalue weighted by molar-refractivity contribution is 0.0799. The van der Waals surface area contributed by atoms with E-state index in [-0.39, 0.29) is 5.54 Å². The Kier molecular flexibility index (Phi) is 4.72. The van der Waals surface area contributed by atoms with Crippen LogP contribution in [-0.4, -0.2) is 61.3 Å². The molecular formula is C13H24N6S. The zero-order chi connectivity index (χ0) is 14.8. The van der Waals surface area contributed by atoms with Gasteiger partial charge >= 0.3 is 0 Å². The second-order valence-corrected chi connectivity index (χ2v) is 6.12. The van der Waals surface area contributed by atoms with Crippen molar-refractivity contribution in [2.45, 2.75) is 39.4 Å². The van der Waals surface area contributed by atoms with Gasteiger partial charge in [-0.25, -0.2) is 9.67 Å². The van der Waals surface area contributed by atoms with Gasteiger partial charge in [-0.05, 0) is 20.8 Å². The molecule has 0 atom stereocenters. The van der Waals surface area contributed by atoms with Crippen molar-refractivity contribution >= 4 is 17.2 Å². The first kappa shape index (κ1) is 15.3. The summed E-state index contributed by atoms with van der Waals surface area (Å²) < 4.78 is 1.95. The number of nitrogens with zero attached hydrogens (tertiary/aromatic N) is 5. The summed E-state index contributed by atoms with van der Waals surface area (Å²) in [5.74, 6) is 1.04. The molecule has 1 aromatic rings. The average molecular weight is 296 g/mol. The fraction of sp³-hybridized carbons (Fsp3) is 0.769. The van der Waals surface area contributed by atoms with Gasteiger partial charge in [0, 0.05) is 32.7 Å². The minimum Gasteiger partial charge on any atom is -0.392 e. The SMILES string of the molecule is CCn1ncnc1CN1CCN(C(C)(C)C(N)=S)CC1. The molecule has 0 aliphatic carbocycles. The Balaban J connectivity index is 1.90. The summed E-state index contributed by atoms with van der Waals surface area (Å²) in [4.78, 5) is 9.66. The Morgan fingerprint density at radius 3 is 2.55 bits per heavy atom. The molecule has 1 aliphatic heterocycles. The second-order valence-electron chi connectivity index (χ2n) is 5.68. The lowest BCUT2D eigenvalue weighted by Gasteiger charge is -2.43. The van der Waals surface area contributed by atoms with E-state index in [0.717, 1.165) is 45.1 Å². The van der Waals surface area contributed by atoms with E-state index >= 15 is 0 Å². The highest BCUT2D eigenvalue weighted by Crippen LogP contribution is 2.18. The van der Waals surface area contributed by atoms with Crippen LogP contribution in [0, 0.1) is 0 Å². The van der Waals surface area contributed by atoms with E-state index < -0.39 is 0 Å². The molecule has 6 nitrogen and oxygen atoms in total. The summed E-state index contributed by atoms with van der Waals surface area (Å²) in [5.41, 5.74) is 5.63. The number of hydrogen-bond acceptors (Lipinski definition) is 5. The van der Waals surface area contributed by atoms with Gasteiger partial charge in [0.2, 0.25) is 0 Å². The molecule has 1 fully saturated rings. The van der Waals surface area contributed by atoms with Crippen molar-refractivity contribution in [3.05, 3.63) is 12.2 Å². The highest BCUT2D eigenvalue weighted by Gasteiger charge is 2.32. The Bertz CT molecular complexity index is 461. The first-order valence-corrected chi connectivity index (χ1v) is 7.50. The van der Waals surface area contributed by atoms with E-state index in [1.807, 2.05) is 4.68 Å². The fourth-order valence-corrected chi connectivity index (χ4v) is 2.62. The molecule has 0 spiro atoms. The average Bonchev–Trinajstić information content (AvgIpc) is 2.86. The van der Waals surface area contributed by atoms with E-state index in [0.29, 0.717) is 4.99 Å². The molecule has 0 bridgehead atoms. The topological polar surface area (TPSA) is 63.2 Å². The first-order valence-electron chi connectivity index (χ1n) is 7.09. The predicted octanol–water partition coefficient (Wildman–Crippen LogP) is 0.480. The zero-order valence-corrected chi connectivity index (χ0v) is 13.4. The molecule has 112 valence electrons. The maximum Gasteiger partial charge on any atom is 0.140 e. The third kappa shape index (κ3) is 3.16. The number of nitrogens with two attached hydrogens (primary N) is 1. The summed E-state index contributed by atoms with van der Waals surface area (Å²) in [5, 5.41) is 4.21. The van der Waals surface area contributed by atoms with Crippen LogP contribution in [0.5, 0.6) is 0 Å². The quantitative estimate of drug-likeness (QED) is 0.798. The molecular weight excluding hydrogens is 272 g/mol. The van der Waals surface area contributed by atoms with Crippen LogP contribution in [-0.2, 0) is 13.1 Å². The molecule has 1 aliphatic rings. The van der Waals surface area contributed by atoms with E-state index in [1.165, 1.54) is 0 Å². The monoisotopic (exact) mass is 296 g/mol. The van der Waals surface area contributed by atoms with Crippen LogP contribution < -0.4 is 5.73 Å². The largest absolute Gasteiger partial charge is 0.392 e. The third-order valence-electron chi connectivity index (χ3n) is 4.13. The third-order valence-corrected chi connectivity index (χ3v) is 4.63. The standard InChI is InChI=1S/C13H24N6S/c1-4-19-11(15-10-16-19)9-17-5-7-18(8-6-17)13(2,3)12(14)20/h10H,4-9H2,1-3H3,(H2,14,20). The highest BCUT2D eigenvalue weighted by molar-refractivity contribution is 7.80. The molecule has 1 saturated heterocycles. The van der Waals surface area contributed by atoms with Gasteiger partial charge < -0.3 is 5.73 Å². The highest BCUT2D eigenvalue weighted by atomic mass is 32.1. The van der Waals surface area contributed by atoms with Crippen LogP contribution in [0.4, 0.5) is 0 Å². The van der Waals surface area contributed by atoms with Crippen molar-refractivity contribution in [3.63, 3.8) is 0 Å². The molecule has 20 heavy (non-hydrogen) atoms. The molecule has 0 radical (unpaired) electrons. The van der Waals surface area contributed by atoms with Crippen LogP contribution >= 0.6 is 12.2 Å². The van der Waals surface area contributed by atoms with Crippen molar-refractivity contribution in [1.29, 1.82) is 0 Å². The summed E-state index contributed by atoms with van der Waals surface area (Å²) in [6.45, 7) is 12.0. The summed E-state index contributed by atoms with van der Waals surface area (Å²) >= 11 is 5.17. The number of thiocarbonyl (C=S) groups is 1. The van der Waals surface area contributed by atoms with Crippen molar-refractivity contribution in [3.8, 4) is 0 Å². The van der Waals surface area contributed by atoms with Gasteiger partial charge in [-0.1, -0.05) is 12.2 Å². The van der Waals surface area contributed by atoms with E-state index in [9.17, 15) is 0 Å². The van der Waals surface area contributed by atoms with Gasteiger partial charge in [-0.3, -0.25) is 9.80 Å². The Morgan fingerprint density at radius 2 is 2.00 bits per heavy atom. The maximum absolute atomic E-state index is 5.84. The van der Waals surface area contributed by atoms with Crippen molar-refractivity contribution in [1.82, 2.24) is 24.6 Å². The van der Waals surface area contributed by atoms with Gasteiger partial charge in [0.1, 0.15) is 12.2 Å². The molecule has 7 heteroatoms. The fourth-order valence-electron chi connectivity index (χ4n) is 2.50. The number of aromatic nitrogens is 3. The first-order chi connectivity index (χ1) is 9.45. The molecule has 2 heterocycles. The van der Waals surface area contributed by atoms with E-state index in [1.54, 1.807) is 6.33 Å².